The van der Waals surface area contributed by atoms with Crippen molar-refractivity contribution in [1.82, 2.24) is 10.6 Å². The molecule has 6 nitrogen and oxygen atoms in total. The second-order valence-corrected chi connectivity index (χ2v) is 9.89. The summed E-state index contributed by atoms with van der Waals surface area (Å²) in [7, 11) is 0. The van der Waals surface area contributed by atoms with Crippen molar-refractivity contribution in [1.29, 1.82) is 0 Å². The van der Waals surface area contributed by atoms with Gasteiger partial charge in [0.2, 0.25) is 11.8 Å². The number of amides is 2. The molecule has 0 saturated carbocycles. The predicted octanol–water partition coefficient (Wildman–Crippen LogP) is 4.87. The first-order chi connectivity index (χ1) is 14.9. The minimum absolute atomic E-state index is 0.252. The van der Waals surface area contributed by atoms with Crippen LogP contribution in [0.4, 0.5) is 0 Å². The summed E-state index contributed by atoms with van der Waals surface area (Å²) in [4.78, 5) is 35.3. The molecule has 0 aromatic carbocycles. The Labute approximate surface area is 198 Å². The average Bonchev–Trinajstić information content (AvgIpc) is 2.67. The molecule has 0 bridgehead atoms. The molecule has 0 radical (unpaired) electrons. The van der Waals surface area contributed by atoms with E-state index in [4.69, 9.17) is 0 Å². The Morgan fingerprint density at radius 1 is 0.875 bits per heavy atom. The van der Waals surface area contributed by atoms with Gasteiger partial charge < -0.3 is 15.7 Å². The predicted molar refractivity (Wildman–Crippen MR) is 135 cm³/mol. The molecule has 7 heteroatoms. The van der Waals surface area contributed by atoms with E-state index in [2.05, 4.69) is 56.6 Å². The van der Waals surface area contributed by atoms with E-state index in [0.29, 0.717) is 5.75 Å². The number of thioether (sulfide) groups is 1. The number of hydrogen-bond donors (Lipinski definition) is 3. The van der Waals surface area contributed by atoms with Crippen LogP contribution < -0.4 is 10.6 Å². The lowest BCUT2D eigenvalue weighted by atomic mass is 10.0. The highest BCUT2D eigenvalue weighted by atomic mass is 32.2. The molecule has 0 aromatic rings. The van der Waals surface area contributed by atoms with Crippen LogP contribution in [-0.4, -0.2) is 46.5 Å². The van der Waals surface area contributed by atoms with Gasteiger partial charge in [0.05, 0.1) is 0 Å². The molecule has 182 valence electrons. The molecule has 0 aliphatic heterocycles. The first kappa shape index (κ1) is 30.0. The number of carbonyl (C=O) groups is 3. The zero-order chi connectivity index (χ0) is 24.7. The molecule has 0 saturated heterocycles. The van der Waals surface area contributed by atoms with E-state index in [0.717, 1.165) is 31.4 Å². The van der Waals surface area contributed by atoms with Crippen molar-refractivity contribution in [3.8, 4) is 0 Å². The number of allylic oxidation sites excluding steroid dienone is 5. The minimum Gasteiger partial charge on any atom is -0.480 e. The van der Waals surface area contributed by atoms with Crippen LogP contribution in [0.15, 0.2) is 34.9 Å². The van der Waals surface area contributed by atoms with Crippen LogP contribution in [0.1, 0.15) is 74.1 Å². The highest BCUT2D eigenvalue weighted by Gasteiger charge is 2.27. The van der Waals surface area contributed by atoms with Gasteiger partial charge in [-0.25, -0.2) is 4.79 Å². The van der Waals surface area contributed by atoms with Crippen molar-refractivity contribution in [3.63, 3.8) is 0 Å². The van der Waals surface area contributed by atoms with E-state index in [-0.39, 0.29) is 11.8 Å². The van der Waals surface area contributed by atoms with Gasteiger partial charge in [-0.15, -0.1) is 0 Å². The molecule has 0 aliphatic rings. The molecule has 0 spiro atoms. The number of hydrogen-bond acceptors (Lipinski definition) is 4. The van der Waals surface area contributed by atoms with Crippen LogP contribution in [0.3, 0.4) is 0 Å². The largest absolute Gasteiger partial charge is 0.480 e. The maximum Gasteiger partial charge on any atom is 0.326 e. The lowest BCUT2D eigenvalue weighted by Crippen LogP contribution is -2.53. The Balaban J connectivity index is 4.58. The highest BCUT2D eigenvalue weighted by molar-refractivity contribution is 7.99. The van der Waals surface area contributed by atoms with Gasteiger partial charge in [0.1, 0.15) is 12.1 Å². The van der Waals surface area contributed by atoms with Gasteiger partial charge in [0.15, 0.2) is 0 Å². The van der Waals surface area contributed by atoms with Crippen molar-refractivity contribution >= 4 is 29.5 Å². The third-order valence-electron chi connectivity index (χ3n) is 4.88. The molecule has 0 aliphatic carbocycles. The normalized spacial score (nSPS) is 14.0. The summed E-state index contributed by atoms with van der Waals surface area (Å²) in [6, 6.07) is -1.75. The van der Waals surface area contributed by atoms with E-state index < -0.39 is 24.0 Å². The first-order valence-electron chi connectivity index (χ1n) is 11.3. The molecule has 2 atom stereocenters. The van der Waals surface area contributed by atoms with Gasteiger partial charge in [-0.3, -0.25) is 9.59 Å². The smallest absolute Gasteiger partial charge is 0.326 e. The number of carboxylic acid groups (broad SMARTS) is 1. The summed E-state index contributed by atoms with van der Waals surface area (Å²) in [6.45, 7) is 13.3. The maximum atomic E-state index is 12.5. The van der Waals surface area contributed by atoms with Crippen molar-refractivity contribution in [3.05, 3.63) is 34.9 Å². The summed E-state index contributed by atoms with van der Waals surface area (Å²) in [5, 5.41) is 14.4. The van der Waals surface area contributed by atoms with Crippen molar-refractivity contribution in [2.75, 3.05) is 11.5 Å². The van der Waals surface area contributed by atoms with Crippen molar-refractivity contribution in [2.45, 2.75) is 86.2 Å². The van der Waals surface area contributed by atoms with Crippen molar-refractivity contribution in [2.24, 2.45) is 5.92 Å². The van der Waals surface area contributed by atoms with Gasteiger partial charge in [0.25, 0.3) is 0 Å². The standard InChI is InChI=1S/C25H42N2O4S/c1-17(2)10-8-11-19(5)12-9-13-20(6)14-15-32-16-22(26-21(7)28)24(29)27-23(18(3)4)25(30)31/h10,12,14,18,22-23H,8-9,11,13,15-16H2,1-7H3,(H,26,28)(H,27,29)(H,30,31)/t22-,23-/m0/s1. The topological polar surface area (TPSA) is 95.5 Å². The number of aliphatic carboxylic acids is 1. The fourth-order valence-corrected chi connectivity index (χ4v) is 3.93. The monoisotopic (exact) mass is 466 g/mol. The average molecular weight is 467 g/mol. The molecule has 0 heterocycles. The van der Waals surface area contributed by atoms with Gasteiger partial charge in [-0.2, -0.15) is 11.8 Å². The van der Waals surface area contributed by atoms with E-state index in [1.807, 2.05) is 0 Å². The van der Waals surface area contributed by atoms with Gasteiger partial charge in [0, 0.05) is 18.4 Å². The second kappa shape index (κ2) is 16.6. The summed E-state index contributed by atoms with van der Waals surface area (Å²) in [5.41, 5.74) is 4.06. The van der Waals surface area contributed by atoms with Crippen molar-refractivity contribution < 1.29 is 19.5 Å². The fourth-order valence-electron chi connectivity index (χ4n) is 2.92. The summed E-state index contributed by atoms with van der Waals surface area (Å²) >= 11 is 1.54. The van der Waals surface area contributed by atoms with E-state index in [1.54, 1.807) is 13.8 Å². The second-order valence-electron chi connectivity index (χ2n) is 8.82. The SMILES string of the molecule is CC(=O)N[C@@H](CSCC=C(C)CCC=C(C)CCC=C(C)C)C(=O)N[C@H](C(=O)O)C(C)C. The van der Waals surface area contributed by atoms with Crippen LogP contribution in [-0.2, 0) is 14.4 Å². The zero-order valence-electron chi connectivity index (χ0n) is 20.8. The van der Waals surface area contributed by atoms with Gasteiger partial charge >= 0.3 is 5.97 Å². The Hall–Kier alpha value is -2.02. The third-order valence-corrected chi connectivity index (χ3v) is 5.85. The number of carboxylic acids is 1. The fraction of sp³-hybridized carbons (Fsp3) is 0.640. The van der Waals surface area contributed by atoms with Gasteiger partial charge in [-0.05, 0) is 59.3 Å². The maximum absolute atomic E-state index is 12.5. The Morgan fingerprint density at radius 2 is 1.44 bits per heavy atom. The third kappa shape index (κ3) is 14.9. The van der Waals surface area contributed by atoms with E-state index in [1.165, 1.54) is 35.4 Å². The van der Waals surface area contributed by atoms with Crippen LogP contribution >= 0.6 is 11.8 Å². The summed E-state index contributed by atoms with van der Waals surface area (Å²) in [6.07, 6.45) is 10.9. The van der Waals surface area contributed by atoms with Crippen LogP contribution in [0, 0.1) is 5.92 Å². The first-order valence-corrected chi connectivity index (χ1v) is 12.4. The molecule has 32 heavy (non-hydrogen) atoms. The molecule has 0 fully saturated rings. The molecule has 0 unspecified atom stereocenters. The summed E-state index contributed by atoms with van der Waals surface area (Å²) < 4.78 is 0. The lowest BCUT2D eigenvalue weighted by molar-refractivity contribution is -0.143. The molecule has 2 amide bonds. The number of carbonyl (C=O) groups excluding carboxylic acids is 2. The van der Waals surface area contributed by atoms with E-state index in [9.17, 15) is 19.5 Å². The zero-order valence-corrected chi connectivity index (χ0v) is 21.6. The molecule has 0 rings (SSSR count). The quantitative estimate of drug-likeness (QED) is 0.236. The molecule has 0 aromatic heterocycles. The molecular weight excluding hydrogens is 424 g/mol. The number of rotatable bonds is 15. The Bertz CT molecular complexity index is 707. The summed E-state index contributed by atoms with van der Waals surface area (Å²) in [5.74, 6) is -1.02. The Morgan fingerprint density at radius 3 is 1.94 bits per heavy atom. The highest BCUT2D eigenvalue weighted by Crippen LogP contribution is 2.13. The lowest BCUT2D eigenvalue weighted by Gasteiger charge is -2.22. The van der Waals surface area contributed by atoms with Gasteiger partial charge in [-0.1, -0.05) is 48.8 Å². The Kier molecular flexibility index (Phi) is 15.5. The molecular formula is C25H42N2O4S. The minimum atomic E-state index is -1.08. The van der Waals surface area contributed by atoms with Crippen LogP contribution in [0.2, 0.25) is 0 Å². The molecule has 3 N–H and O–H groups in total. The van der Waals surface area contributed by atoms with E-state index >= 15 is 0 Å². The number of nitrogens with one attached hydrogen (secondary N) is 2. The van der Waals surface area contributed by atoms with Crippen LogP contribution in [0.5, 0.6) is 0 Å². The van der Waals surface area contributed by atoms with Crippen LogP contribution in [0.25, 0.3) is 0 Å².